The smallest absolute Gasteiger partial charge is 0.194 e. The SMILES string of the molecule is COc1cc(Br)c(C2(CN)CCC2)c(F)c1O. The molecule has 0 aliphatic heterocycles. The second-order valence-electron chi connectivity index (χ2n) is 4.44. The first-order valence-corrected chi connectivity index (χ1v) is 6.30. The fourth-order valence-corrected chi connectivity index (χ4v) is 3.19. The van der Waals surface area contributed by atoms with Crippen molar-refractivity contribution >= 4 is 15.9 Å². The monoisotopic (exact) mass is 303 g/mol. The van der Waals surface area contributed by atoms with E-state index in [2.05, 4.69) is 15.9 Å². The highest BCUT2D eigenvalue weighted by Crippen LogP contribution is 2.49. The van der Waals surface area contributed by atoms with Gasteiger partial charge in [0.15, 0.2) is 17.3 Å². The van der Waals surface area contributed by atoms with Gasteiger partial charge >= 0.3 is 0 Å². The lowest BCUT2D eigenvalue weighted by Gasteiger charge is -2.42. The Morgan fingerprint density at radius 1 is 1.59 bits per heavy atom. The van der Waals surface area contributed by atoms with Gasteiger partial charge in [-0.1, -0.05) is 22.4 Å². The Labute approximate surface area is 108 Å². The molecule has 0 heterocycles. The summed E-state index contributed by atoms with van der Waals surface area (Å²) in [6.07, 6.45) is 2.74. The zero-order chi connectivity index (χ0) is 12.6. The van der Waals surface area contributed by atoms with Crippen molar-refractivity contribution in [3.8, 4) is 11.5 Å². The Bertz CT molecular complexity index is 441. The van der Waals surface area contributed by atoms with Crippen molar-refractivity contribution in [3.05, 3.63) is 21.9 Å². The van der Waals surface area contributed by atoms with Crippen LogP contribution in [0.3, 0.4) is 0 Å². The van der Waals surface area contributed by atoms with Crippen LogP contribution in [0.1, 0.15) is 24.8 Å². The van der Waals surface area contributed by atoms with Crippen LogP contribution in [0.15, 0.2) is 10.5 Å². The van der Waals surface area contributed by atoms with Gasteiger partial charge in [-0.15, -0.1) is 0 Å². The van der Waals surface area contributed by atoms with Gasteiger partial charge in [0.05, 0.1) is 7.11 Å². The van der Waals surface area contributed by atoms with E-state index in [1.807, 2.05) is 0 Å². The van der Waals surface area contributed by atoms with E-state index in [1.54, 1.807) is 6.07 Å². The molecule has 0 amide bonds. The average molecular weight is 304 g/mol. The molecule has 1 aromatic rings. The number of hydrogen-bond acceptors (Lipinski definition) is 3. The van der Waals surface area contributed by atoms with Crippen molar-refractivity contribution in [2.75, 3.05) is 13.7 Å². The minimum absolute atomic E-state index is 0.129. The number of halogens is 2. The van der Waals surface area contributed by atoms with Gasteiger partial charge in [-0.2, -0.15) is 0 Å². The van der Waals surface area contributed by atoms with E-state index in [9.17, 15) is 9.50 Å². The number of rotatable bonds is 3. The topological polar surface area (TPSA) is 55.5 Å². The summed E-state index contributed by atoms with van der Waals surface area (Å²) in [6, 6.07) is 1.59. The molecule has 3 nitrogen and oxygen atoms in total. The minimum atomic E-state index is -0.624. The van der Waals surface area contributed by atoms with E-state index >= 15 is 0 Å². The van der Waals surface area contributed by atoms with Crippen LogP contribution in [0.25, 0.3) is 0 Å². The molecule has 0 saturated heterocycles. The van der Waals surface area contributed by atoms with Gasteiger partial charge in [0.25, 0.3) is 0 Å². The number of phenolic OH excluding ortho intramolecular Hbond substituents is 1. The van der Waals surface area contributed by atoms with Crippen molar-refractivity contribution in [2.24, 2.45) is 5.73 Å². The van der Waals surface area contributed by atoms with Crippen molar-refractivity contribution in [1.29, 1.82) is 0 Å². The van der Waals surface area contributed by atoms with E-state index < -0.39 is 11.6 Å². The van der Waals surface area contributed by atoms with Crippen LogP contribution in [0.2, 0.25) is 0 Å². The molecule has 1 aliphatic rings. The van der Waals surface area contributed by atoms with Crippen LogP contribution < -0.4 is 10.5 Å². The third kappa shape index (κ3) is 1.81. The fourth-order valence-electron chi connectivity index (χ4n) is 2.39. The van der Waals surface area contributed by atoms with Gasteiger partial charge in [-0.3, -0.25) is 0 Å². The molecular weight excluding hydrogens is 289 g/mol. The van der Waals surface area contributed by atoms with Crippen LogP contribution in [0.4, 0.5) is 4.39 Å². The predicted octanol–water partition coefficient (Wildman–Crippen LogP) is 2.68. The van der Waals surface area contributed by atoms with Crippen molar-refractivity contribution in [3.63, 3.8) is 0 Å². The van der Waals surface area contributed by atoms with Crippen molar-refractivity contribution in [1.82, 2.24) is 0 Å². The molecular formula is C12H15BrFNO2. The van der Waals surface area contributed by atoms with E-state index in [-0.39, 0.29) is 11.2 Å². The zero-order valence-electron chi connectivity index (χ0n) is 9.59. The molecule has 3 N–H and O–H groups in total. The molecule has 1 fully saturated rings. The van der Waals surface area contributed by atoms with Crippen molar-refractivity contribution < 1.29 is 14.2 Å². The first kappa shape index (κ1) is 12.6. The van der Waals surface area contributed by atoms with Crippen LogP contribution in [-0.4, -0.2) is 18.8 Å². The number of hydrogen-bond donors (Lipinski definition) is 2. The van der Waals surface area contributed by atoms with Gasteiger partial charge < -0.3 is 15.6 Å². The number of methoxy groups -OCH3 is 1. The maximum Gasteiger partial charge on any atom is 0.194 e. The minimum Gasteiger partial charge on any atom is -0.502 e. The zero-order valence-corrected chi connectivity index (χ0v) is 11.2. The summed E-state index contributed by atoms with van der Waals surface area (Å²) in [5.74, 6) is -0.934. The van der Waals surface area contributed by atoms with Crippen LogP contribution in [0, 0.1) is 5.82 Å². The highest BCUT2D eigenvalue weighted by molar-refractivity contribution is 9.10. The lowest BCUT2D eigenvalue weighted by Crippen LogP contribution is -2.42. The lowest BCUT2D eigenvalue weighted by molar-refractivity contribution is 0.239. The summed E-state index contributed by atoms with van der Waals surface area (Å²) in [7, 11) is 1.39. The van der Waals surface area contributed by atoms with Crippen molar-refractivity contribution in [2.45, 2.75) is 24.7 Å². The van der Waals surface area contributed by atoms with Gasteiger partial charge in [0.1, 0.15) is 0 Å². The summed E-state index contributed by atoms with van der Waals surface area (Å²) >= 11 is 3.34. The number of benzene rings is 1. The molecule has 0 atom stereocenters. The number of ether oxygens (including phenoxy) is 1. The quantitative estimate of drug-likeness (QED) is 0.902. The number of aromatic hydroxyl groups is 1. The highest BCUT2D eigenvalue weighted by Gasteiger charge is 2.42. The Balaban J connectivity index is 2.58. The summed E-state index contributed by atoms with van der Waals surface area (Å²) in [5.41, 5.74) is 5.89. The van der Waals surface area contributed by atoms with Gasteiger partial charge in [-0.05, 0) is 18.9 Å². The van der Waals surface area contributed by atoms with Gasteiger partial charge in [0, 0.05) is 22.0 Å². The maximum absolute atomic E-state index is 14.2. The lowest BCUT2D eigenvalue weighted by atomic mass is 9.64. The average Bonchev–Trinajstić information content (AvgIpc) is 2.27. The van der Waals surface area contributed by atoms with Crippen LogP contribution in [-0.2, 0) is 5.41 Å². The van der Waals surface area contributed by atoms with Gasteiger partial charge in [0.2, 0.25) is 0 Å². The third-order valence-electron chi connectivity index (χ3n) is 3.61. The third-order valence-corrected chi connectivity index (χ3v) is 4.23. The first-order valence-electron chi connectivity index (χ1n) is 5.51. The highest BCUT2D eigenvalue weighted by atomic mass is 79.9. The second kappa shape index (κ2) is 4.46. The molecule has 0 aromatic heterocycles. The summed E-state index contributed by atoms with van der Waals surface area (Å²) in [4.78, 5) is 0. The largest absolute Gasteiger partial charge is 0.502 e. The van der Waals surface area contributed by atoms with Crippen LogP contribution >= 0.6 is 15.9 Å². The predicted molar refractivity (Wildman–Crippen MR) is 66.9 cm³/mol. The molecule has 5 heteroatoms. The molecule has 94 valence electrons. The molecule has 0 spiro atoms. The molecule has 1 saturated carbocycles. The summed E-state index contributed by atoms with van der Waals surface area (Å²) < 4.78 is 19.7. The maximum atomic E-state index is 14.2. The Morgan fingerprint density at radius 2 is 2.24 bits per heavy atom. The Morgan fingerprint density at radius 3 is 2.65 bits per heavy atom. The second-order valence-corrected chi connectivity index (χ2v) is 5.29. The molecule has 1 aliphatic carbocycles. The molecule has 1 aromatic carbocycles. The first-order chi connectivity index (χ1) is 8.05. The molecule has 0 bridgehead atoms. The summed E-state index contributed by atoms with van der Waals surface area (Å²) in [5, 5.41) is 9.72. The van der Waals surface area contributed by atoms with E-state index in [4.69, 9.17) is 10.5 Å². The standard InChI is InChI=1S/C12H15BrFNO2/c1-17-8-5-7(13)9(10(14)11(8)16)12(6-15)3-2-4-12/h5,16H,2-4,6,15H2,1H3. The number of phenols is 1. The van der Waals surface area contributed by atoms with Gasteiger partial charge in [-0.25, -0.2) is 4.39 Å². The van der Waals surface area contributed by atoms with Crippen LogP contribution in [0.5, 0.6) is 11.5 Å². The molecule has 2 rings (SSSR count). The van der Waals surface area contributed by atoms with E-state index in [1.165, 1.54) is 7.11 Å². The fraction of sp³-hybridized carbons (Fsp3) is 0.500. The molecule has 0 radical (unpaired) electrons. The van der Waals surface area contributed by atoms with E-state index in [0.29, 0.717) is 16.6 Å². The summed E-state index contributed by atoms with van der Waals surface area (Å²) in [6.45, 7) is 0.383. The Kier molecular flexibility index (Phi) is 3.32. The molecule has 17 heavy (non-hydrogen) atoms. The normalized spacial score (nSPS) is 17.6. The van der Waals surface area contributed by atoms with E-state index in [0.717, 1.165) is 19.3 Å². The Hall–Kier alpha value is -0.810. The number of nitrogens with two attached hydrogens (primary N) is 1. The molecule has 0 unspecified atom stereocenters.